The number of methoxy groups -OCH3 is 2. The van der Waals surface area contributed by atoms with Gasteiger partial charge in [0.25, 0.3) is 0 Å². The summed E-state index contributed by atoms with van der Waals surface area (Å²) in [5.41, 5.74) is 5.13. The number of hydrogen-bond donors (Lipinski definition) is 0. The second-order valence-corrected chi connectivity index (χ2v) is 9.58. The van der Waals surface area contributed by atoms with Crippen LogP contribution in [0, 0.1) is 13.8 Å². The molecule has 1 fully saturated rings. The van der Waals surface area contributed by atoms with E-state index in [0.29, 0.717) is 31.1 Å². The molecule has 7 nitrogen and oxygen atoms in total. The number of hydrogen-bond acceptors (Lipinski definition) is 5. The van der Waals surface area contributed by atoms with Crippen LogP contribution in [0.3, 0.4) is 0 Å². The molecule has 0 saturated carbocycles. The lowest BCUT2D eigenvalue weighted by Crippen LogP contribution is -2.25. The fourth-order valence-electron chi connectivity index (χ4n) is 5.19. The number of amides is 1. The predicted octanol–water partition coefficient (Wildman–Crippen LogP) is 5.66. The topological polar surface area (TPSA) is 65.8 Å². The minimum absolute atomic E-state index is 0.0313. The molecule has 1 amide bonds. The van der Waals surface area contributed by atoms with Crippen molar-refractivity contribution in [1.82, 2.24) is 9.55 Å². The van der Waals surface area contributed by atoms with Gasteiger partial charge in [-0.25, -0.2) is 4.98 Å². The van der Waals surface area contributed by atoms with Gasteiger partial charge in [-0.05, 0) is 67.8 Å². The third kappa shape index (κ3) is 5.12. The first-order valence-corrected chi connectivity index (χ1v) is 12.7. The van der Waals surface area contributed by atoms with Gasteiger partial charge in [-0.1, -0.05) is 18.2 Å². The molecule has 0 spiro atoms. The molecule has 7 heteroatoms. The maximum Gasteiger partial charge on any atom is 0.227 e. The Kier molecular flexibility index (Phi) is 7.04. The molecule has 5 rings (SSSR count). The van der Waals surface area contributed by atoms with Crippen molar-refractivity contribution < 1.29 is 19.0 Å². The van der Waals surface area contributed by atoms with E-state index in [1.54, 1.807) is 19.1 Å². The molecule has 1 atom stereocenters. The summed E-state index contributed by atoms with van der Waals surface area (Å²) in [6.07, 6.45) is 1.22. The zero-order valence-corrected chi connectivity index (χ0v) is 21.9. The zero-order valence-electron chi connectivity index (χ0n) is 21.9. The number of carbonyl (C=O) groups is 1. The lowest BCUT2D eigenvalue weighted by Gasteiger charge is -2.20. The van der Waals surface area contributed by atoms with E-state index in [9.17, 15) is 4.79 Å². The molecule has 0 bridgehead atoms. The molecule has 0 aliphatic carbocycles. The first-order valence-electron chi connectivity index (χ1n) is 12.7. The average molecular weight is 500 g/mol. The maximum absolute atomic E-state index is 13.2. The quantitative estimate of drug-likeness (QED) is 0.278. The van der Waals surface area contributed by atoms with Crippen LogP contribution in [0.25, 0.3) is 11.0 Å². The number of fused-ring (bicyclic) bond motifs is 1. The lowest BCUT2D eigenvalue weighted by atomic mass is 10.1. The first kappa shape index (κ1) is 24.7. The largest absolute Gasteiger partial charge is 0.497 e. The summed E-state index contributed by atoms with van der Waals surface area (Å²) in [4.78, 5) is 20.0. The van der Waals surface area contributed by atoms with Crippen LogP contribution in [-0.2, 0) is 11.3 Å². The second kappa shape index (κ2) is 10.5. The van der Waals surface area contributed by atoms with Crippen LogP contribution in [0.4, 0.5) is 5.69 Å². The number of nitrogens with zero attached hydrogens (tertiary/aromatic N) is 3. The number of ether oxygens (including phenoxy) is 3. The number of aryl methyl sites for hydroxylation is 3. The van der Waals surface area contributed by atoms with Crippen molar-refractivity contribution in [3.8, 4) is 17.2 Å². The number of rotatable bonds is 9. The Morgan fingerprint density at radius 3 is 2.49 bits per heavy atom. The molecule has 1 aromatic heterocycles. The third-order valence-electron chi connectivity index (χ3n) is 6.84. The smallest absolute Gasteiger partial charge is 0.227 e. The highest BCUT2D eigenvalue weighted by molar-refractivity contribution is 5.98. The predicted molar refractivity (Wildman–Crippen MR) is 145 cm³/mol. The SMILES string of the molecule is COc1ccc(OC)c(N2CC(c3nc4ccccc4n3CCCOc3cc(C)cc(C)c3)CC2=O)c1. The monoisotopic (exact) mass is 499 g/mol. The summed E-state index contributed by atoms with van der Waals surface area (Å²) in [5, 5.41) is 0. The first-order chi connectivity index (χ1) is 18.0. The Labute approximate surface area is 217 Å². The fraction of sp³-hybridized carbons (Fsp3) is 0.333. The molecule has 3 aromatic carbocycles. The summed E-state index contributed by atoms with van der Waals surface area (Å²) < 4.78 is 19.3. The Balaban J connectivity index is 1.37. The number of imidazole rings is 1. The number of benzene rings is 3. The van der Waals surface area contributed by atoms with Crippen LogP contribution in [-0.4, -0.2) is 42.8 Å². The van der Waals surface area contributed by atoms with Gasteiger partial charge in [0.15, 0.2) is 0 Å². The number of aromatic nitrogens is 2. The number of anilines is 1. The summed E-state index contributed by atoms with van der Waals surface area (Å²) in [6, 6.07) is 19.9. The normalized spacial score (nSPS) is 15.4. The lowest BCUT2D eigenvalue weighted by molar-refractivity contribution is -0.117. The molecular weight excluding hydrogens is 466 g/mol. The zero-order chi connectivity index (χ0) is 25.9. The minimum atomic E-state index is -0.0313. The summed E-state index contributed by atoms with van der Waals surface area (Å²) in [6.45, 7) is 6.05. The van der Waals surface area contributed by atoms with Gasteiger partial charge in [0.1, 0.15) is 23.1 Å². The van der Waals surface area contributed by atoms with E-state index >= 15 is 0 Å². The van der Waals surface area contributed by atoms with Crippen molar-refractivity contribution in [3.05, 3.63) is 77.6 Å². The van der Waals surface area contributed by atoms with Crippen LogP contribution < -0.4 is 19.1 Å². The van der Waals surface area contributed by atoms with Crippen LogP contribution in [0.15, 0.2) is 60.7 Å². The molecule has 192 valence electrons. The van der Waals surface area contributed by atoms with E-state index in [2.05, 4.69) is 42.7 Å². The van der Waals surface area contributed by atoms with Gasteiger partial charge in [-0.3, -0.25) is 4.79 Å². The molecule has 4 aromatic rings. The van der Waals surface area contributed by atoms with Crippen LogP contribution in [0.2, 0.25) is 0 Å². The van der Waals surface area contributed by atoms with Gasteiger partial charge >= 0.3 is 0 Å². The standard InChI is InChI=1S/C30H33N3O4/c1-20-14-21(2)16-24(15-20)37-13-7-12-32-26-9-6-5-8-25(26)31-30(32)22-17-29(34)33(19-22)27-18-23(35-3)10-11-28(27)36-4/h5-6,8-11,14-16,18,22H,7,12-13,17,19H2,1-4H3. The van der Waals surface area contributed by atoms with Gasteiger partial charge in [0.05, 0.1) is 37.5 Å². The van der Waals surface area contributed by atoms with E-state index < -0.39 is 0 Å². The van der Waals surface area contributed by atoms with Crippen molar-refractivity contribution >= 4 is 22.6 Å². The summed E-state index contributed by atoms with van der Waals surface area (Å²) in [5.74, 6) is 3.18. The van der Waals surface area contributed by atoms with Crippen molar-refractivity contribution in [1.29, 1.82) is 0 Å². The molecular formula is C30H33N3O4. The van der Waals surface area contributed by atoms with E-state index in [4.69, 9.17) is 19.2 Å². The van der Waals surface area contributed by atoms with Gasteiger partial charge in [-0.15, -0.1) is 0 Å². The molecule has 0 radical (unpaired) electrons. The highest BCUT2D eigenvalue weighted by atomic mass is 16.5. The highest BCUT2D eigenvalue weighted by Gasteiger charge is 2.36. The van der Waals surface area contributed by atoms with E-state index in [1.165, 1.54) is 11.1 Å². The fourth-order valence-corrected chi connectivity index (χ4v) is 5.19. The van der Waals surface area contributed by atoms with Crippen LogP contribution in [0.1, 0.15) is 35.7 Å². The van der Waals surface area contributed by atoms with Gasteiger partial charge in [0, 0.05) is 31.5 Å². The van der Waals surface area contributed by atoms with Crippen LogP contribution >= 0.6 is 0 Å². The molecule has 37 heavy (non-hydrogen) atoms. The second-order valence-electron chi connectivity index (χ2n) is 9.58. The Hall–Kier alpha value is -4.00. The van der Waals surface area contributed by atoms with Crippen molar-refractivity contribution in [2.75, 3.05) is 32.3 Å². The van der Waals surface area contributed by atoms with Gasteiger partial charge < -0.3 is 23.7 Å². The number of carbonyl (C=O) groups excluding carboxylic acids is 1. The molecule has 1 aliphatic rings. The Morgan fingerprint density at radius 1 is 0.946 bits per heavy atom. The van der Waals surface area contributed by atoms with Crippen molar-refractivity contribution in [2.45, 2.75) is 39.2 Å². The summed E-state index contributed by atoms with van der Waals surface area (Å²) in [7, 11) is 3.23. The molecule has 2 heterocycles. The molecule has 1 saturated heterocycles. The van der Waals surface area contributed by atoms with E-state index in [-0.39, 0.29) is 11.8 Å². The van der Waals surface area contributed by atoms with Gasteiger partial charge in [0.2, 0.25) is 5.91 Å². The summed E-state index contributed by atoms with van der Waals surface area (Å²) >= 11 is 0. The van der Waals surface area contributed by atoms with Crippen molar-refractivity contribution in [2.24, 2.45) is 0 Å². The maximum atomic E-state index is 13.2. The molecule has 1 aliphatic heterocycles. The minimum Gasteiger partial charge on any atom is -0.497 e. The van der Waals surface area contributed by atoms with E-state index in [0.717, 1.165) is 41.3 Å². The Morgan fingerprint density at radius 2 is 1.73 bits per heavy atom. The Bertz CT molecular complexity index is 1410. The molecule has 1 unspecified atom stereocenters. The average Bonchev–Trinajstić information content (AvgIpc) is 3.46. The third-order valence-corrected chi connectivity index (χ3v) is 6.84. The molecule has 0 N–H and O–H groups in total. The van der Waals surface area contributed by atoms with E-state index in [1.807, 2.05) is 36.4 Å². The van der Waals surface area contributed by atoms with Crippen molar-refractivity contribution in [3.63, 3.8) is 0 Å². The van der Waals surface area contributed by atoms with Gasteiger partial charge in [-0.2, -0.15) is 0 Å². The number of para-hydroxylation sites is 2. The van der Waals surface area contributed by atoms with Crippen LogP contribution in [0.5, 0.6) is 17.2 Å². The highest BCUT2D eigenvalue weighted by Crippen LogP contribution is 2.39.